The Kier molecular flexibility index (Phi) is 6.81. The summed E-state index contributed by atoms with van der Waals surface area (Å²) < 4.78 is 6.33. The SMILES string of the molecule is CCCOc1ccc(Br)cc1C(=O)NNC(=O)Cc1ccccc1. The highest BCUT2D eigenvalue weighted by molar-refractivity contribution is 9.10. The predicted molar refractivity (Wildman–Crippen MR) is 95.7 cm³/mol. The summed E-state index contributed by atoms with van der Waals surface area (Å²) in [7, 11) is 0. The fraction of sp³-hybridized carbons (Fsp3) is 0.222. The zero-order valence-corrected chi connectivity index (χ0v) is 14.9. The Labute approximate surface area is 149 Å². The Bertz CT molecular complexity index is 705. The summed E-state index contributed by atoms with van der Waals surface area (Å²) >= 11 is 3.33. The van der Waals surface area contributed by atoms with Crippen molar-refractivity contribution in [3.63, 3.8) is 0 Å². The second kappa shape index (κ2) is 9.08. The minimum atomic E-state index is -0.427. The number of benzene rings is 2. The highest BCUT2D eigenvalue weighted by Gasteiger charge is 2.14. The minimum absolute atomic E-state index is 0.193. The number of amides is 2. The summed E-state index contributed by atoms with van der Waals surface area (Å²) in [4.78, 5) is 24.2. The number of carbonyl (C=O) groups is 2. The van der Waals surface area contributed by atoms with Gasteiger partial charge in [-0.25, -0.2) is 0 Å². The summed E-state index contributed by atoms with van der Waals surface area (Å²) in [5.74, 6) is -0.237. The number of halogens is 1. The molecule has 2 rings (SSSR count). The second-order valence-electron chi connectivity index (χ2n) is 5.15. The number of hydrogen-bond acceptors (Lipinski definition) is 3. The van der Waals surface area contributed by atoms with Gasteiger partial charge < -0.3 is 4.74 Å². The van der Waals surface area contributed by atoms with Crippen molar-refractivity contribution in [2.24, 2.45) is 0 Å². The van der Waals surface area contributed by atoms with Crippen LogP contribution in [0.2, 0.25) is 0 Å². The summed E-state index contributed by atoms with van der Waals surface area (Å²) in [6.45, 7) is 2.50. The molecule has 0 fully saturated rings. The summed E-state index contributed by atoms with van der Waals surface area (Å²) in [6.07, 6.45) is 1.03. The number of hydrazine groups is 1. The lowest BCUT2D eigenvalue weighted by Crippen LogP contribution is -2.42. The van der Waals surface area contributed by atoms with Gasteiger partial charge in [-0.3, -0.25) is 20.4 Å². The van der Waals surface area contributed by atoms with Gasteiger partial charge in [0.25, 0.3) is 5.91 Å². The highest BCUT2D eigenvalue weighted by Crippen LogP contribution is 2.23. The molecule has 0 heterocycles. The monoisotopic (exact) mass is 390 g/mol. The molecule has 0 aromatic heterocycles. The van der Waals surface area contributed by atoms with E-state index in [4.69, 9.17) is 4.74 Å². The quantitative estimate of drug-likeness (QED) is 0.743. The molecule has 6 heteroatoms. The first-order valence-electron chi connectivity index (χ1n) is 7.65. The van der Waals surface area contributed by atoms with Gasteiger partial charge in [0.15, 0.2) is 0 Å². The first-order chi connectivity index (χ1) is 11.6. The van der Waals surface area contributed by atoms with Gasteiger partial charge in [0.1, 0.15) is 5.75 Å². The van der Waals surface area contributed by atoms with Gasteiger partial charge in [0.2, 0.25) is 5.91 Å². The lowest BCUT2D eigenvalue weighted by molar-refractivity contribution is -0.121. The maximum absolute atomic E-state index is 12.3. The molecule has 0 atom stereocenters. The van der Waals surface area contributed by atoms with Gasteiger partial charge in [-0.2, -0.15) is 0 Å². The molecule has 0 unspecified atom stereocenters. The van der Waals surface area contributed by atoms with E-state index in [1.54, 1.807) is 18.2 Å². The zero-order chi connectivity index (χ0) is 17.4. The molecule has 0 aliphatic rings. The number of rotatable bonds is 6. The van der Waals surface area contributed by atoms with Crippen molar-refractivity contribution < 1.29 is 14.3 Å². The van der Waals surface area contributed by atoms with Crippen molar-refractivity contribution in [2.45, 2.75) is 19.8 Å². The van der Waals surface area contributed by atoms with Crippen LogP contribution in [0.3, 0.4) is 0 Å². The molecular formula is C18H19BrN2O3. The molecule has 2 N–H and O–H groups in total. The van der Waals surface area contributed by atoms with Crippen LogP contribution in [0.5, 0.6) is 5.75 Å². The van der Waals surface area contributed by atoms with E-state index in [1.165, 1.54) is 0 Å². The van der Waals surface area contributed by atoms with Crippen LogP contribution >= 0.6 is 15.9 Å². The third kappa shape index (κ3) is 5.38. The molecule has 0 radical (unpaired) electrons. The molecule has 5 nitrogen and oxygen atoms in total. The average molecular weight is 391 g/mol. The van der Waals surface area contributed by atoms with Crippen LogP contribution in [-0.2, 0) is 11.2 Å². The summed E-state index contributed by atoms with van der Waals surface area (Å²) in [6, 6.07) is 14.5. The Hall–Kier alpha value is -2.34. The number of nitrogens with one attached hydrogen (secondary N) is 2. The van der Waals surface area contributed by atoms with Gasteiger partial charge in [0.05, 0.1) is 18.6 Å². The van der Waals surface area contributed by atoms with Gasteiger partial charge in [-0.1, -0.05) is 53.2 Å². The molecule has 0 bridgehead atoms. The molecule has 0 saturated carbocycles. The van der Waals surface area contributed by atoms with Crippen LogP contribution in [-0.4, -0.2) is 18.4 Å². The normalized spacial score (nSPS) is 10.1. The van der Waals surface area contributed by atoms with E-state index in [2.05, 4.69) is 26.8 Å². The Morgan fingerprint density at radius 2 is 1.83 bits per heavy atom. The van der Waals surface area contributed by atoms with E-state index in [1.807, 2.05) is 37.3 Å². The molecular weight excluding hydrogens is 372 g/mol. The molecule has 0 aliphatic heterocycles. The third-order valence-corrected chi connectivity index (χ3v) is 3.66. The van der Waals surface area contributed by atoms with Crippen LogP contribution in [0.25, 0.3) is 0 Å². The fourth-order valence-electron chi connectivity index (χ4n) is 2.04. The molecule has 0 aliphatic carbocycles. The van der Waals surface area contributed by atoms with Crippen LogP contribution in [0.1, 0.15) is 29.3 Å². The number of ether oxygens (including phenoxy) is 1. The topological polar surface area (TPSA) is 67.4 Å². The van der Waals surface area contributed by atoms with Crippen molar-refractivity contribution in [3.05, 3.63) is 64.1 Å². The standard InChI is InChI=1S/C18H19BrN2O3/c1-2-10-24-16-9-8-14(19)12-15(16)18(23)21-20-17(22)11-13-6-4-3-5-7-13/h3-9,12H,2,10-11H2,1H3,(H,20,22)(H,21,23). The zero-order valence-electron chi connectivity index (χ0n) is 13.3. The lowest BCUT2D eigenvalue weighted by atomic mass is 10.1. The van der Waals surface area contributed by atoms with E-state index in [-0.39, 0.29) is 12.3 Å². The van der Waals surface area contributed by atoms with Crippen LogP contribution in [0.4, 0.5) is 0 Å². The second-order valence-corrected chi connectivity index (χ2v) is 6.07. The Morgan fingerprint density at radius 3 is 2.54 bits per heavy atom. The lowest BCUT2D eigenvalue weighted by Gasteiger charge is -2.12. The Morgan fingerprint density at radius 1 is 1.08 bits per heavy atom. The minimum Gasteiger partial charge on any atom is -0.493 e. The van der Waals surface area contributed by atoms with E-state index >= 15 is 0 Å². The predicted octanol–water partition coefficient (Wildman–Crippen LogP) is 3.24. The first kappa shape index (κ1) is 18.0. The van der Waals surface area contributed by atoms with Crippen molar-refractivity contribution in [2.75, 3.05) is 6.61 Å². The van der Waals surface area contributed by atoms with E-state index in [0.29, 0.717) is 17.9 Å². The molecule has 24 heavy (non-hydrogen) atoms. The van der Waals surface area contributed by atoms with Gasteiger partial charge in [-0.05, 0) is 30.2 Å². The molecule has 2 amide bonds. The number of carbonyl (C=O) groups excluding carboxylic acids is 2. The molecule has 2 aromatic rings. The van der Waals surface area contributed by atoms with Gasteiger partial charge >= 0.3 is 0 Å². The smallest absolute Gasteiger partial charge is 0.273 e. The average Bonchev–Trinajstić information content (AvgIpc) is 2.59. The summed E-state index contributed by atoms with van der Waals surface area (Å²) in [5.41, 5.74) is 6.08. The molecule has 126 valence electrons. The van der Waals surface area contributed by atoms with E-state index < -0.39 is 5.91 Å². The van der Waals surface area contributed by atoms with Crippen molar-refractivity contribution in [1.82, 2.24) is 10.9 Å². The Balaban J connectivity index is 1.96. The van der Waals surface area contributed by atoms with E-state index in [0.717, 1.165) is 16.5 Å². The van der Waals surface area contributed by atoms with Crippen molar-refractivity contribution in [3.8, 4) is 5.75 Å². The van der Waals surface area contributed by atoms with Crippen molar-refractivity contribution >= 4 is 27.7 Å². The highest BCUT2D eigenvalue weighted by atomic mass is 79.9. The number of hydrogen-bond donors (Lipinski definition) is 2. The van der Waals surface area contributed by atoms with Crippen molar-refractivity contribution in [1.29, 1.82) is 0 Å². The molecule has 0 saturated heterocycles. The maximum atomic E-state index is 12.3. The third-order valence-electron chi connectivity index (χ3n) is 3.17. The fourth-order valence-corrected chi connectivity index (χ4v) is 2.40. The van der Waals surface area contributed by atoms with Crippen LogP contribution in [0.15, 0.2) is 53.0 Å². The molecule has 2 aromatic carbocycles. The maximum Gasteiger partial charge on any atom is 0.273 e. The van der Waals surface area contributed by atoms with Crippen LogP contribution in [0, 0.1) is 0 Å². The van der Waals surface area contributed by atoms with Gasteiger partial charge in [0, 0.05) is 4.47 Å². The first-order valence-corrected chi connectivity index (χ1v) is 8.45. The van der Waals surface area contributed by atoms with E-state index in [9.17, 15) is 9.59 Å². The van der Waals surface area contributed by atoms with Gasteiger partial charge in [-0.15, -0.1) is 0 Å². The molecule has 0 spiro atoms. The largest absolute Gasteiger partial charge is 0.493 e. The van der Waals surface area contributed by atoms with Crippen LogP contribution < -0.4 is 15.6 Å². The summed E-state index contributed by atoms with van der Waals surface area (Å²) in [5, 5.41) is 0.